The average Bonchev–Trinajstić information content (AvgIpc) is 2.67. The van der Waals surface area contributed by atoms with Crippen LogP contribution in [-0.2, 0) is 0 Å². The largest absolute Gasteiger partial charge is 0.504 e. The van der Waals surface area contributed by atoms with Crippen molar-refractivity contribution in [1.29, 1.82) is 0 Å². The summed E-state index contributed by atoms with van der Waals surface area (Å²) < 4.78 is 25.3. The number of anilines is 1. The fourth-order valence-electron chi connectivity index (χ4n) is 3.57. The van der Waals surface area contributed by atoms with Gasteiger partial charge < -0.3 is 24.5 Å². The molecule has 7 heteroatoms. The van der Waals surface area contributed by atoms with Crippen molar-refractivity contribution >= 4 is 16.7 Å². The van der Waals surface area contributed by atoms with E-state index in [9.17, 15) is 14.3 Å². The van der Waals surface area contributed by atoms with E-state index in [1.807, 2.05) is 0 Å². The van der Waals surface area contributed by atoms with Crippen molar-refractivity contribution in [2.75, 3.05) is 31.6 Å². The Labute approximate surface area is 161 Å². The van der Waals surface area contributed by atoms with E-state index in [4.69, 9.17) is 9.15 Å². The summed E-state index contributed by atoms with van der Waals surface area (Å²) >= 11 is 0. The number of phenolic OH excluding ortho intramolecular Hbond substituents is 1. The molecule has 2 aromatic carbocycles. The van der Waals surface area contributed by atoms with Crippen LogP contribution in [0.15, 0.2) is 45.6 Å². The highest BCUT2D eigenvalue weighted by Crippen LogP contribution is 2.32. The molecule has 2 heterocycles. The Hall–Kier alpha value is -3.06. The molecule has 4 rings (SSSR count). The van der Waals surface area contributed by atoms with E-state index >= 15 is 0 Å². The first kappa shape index (κ1) is 18.3. The highest BCUT2D eigenvalue weighted by atomic mass is 19.1. The summed E-state index contributed by atoms with van der Waals surface area (Å²) in [7, 11) is 1.44. The summed E-state index contributed by atoms with van der Waals surface area (Å²) in [6.45, 7) is 4.38. The number of halogens is 1. The lowest BCUT2D eigenvalue weighted by Gasteiger charge is -2.33. The van der Waals surface area contributed by atoms with E-state index < -0.39 is 11.4 Å². The molecule has 146 valence electrons. The number of hydrogen-bond donors (Lipinski definition) is 2. The number of rotatable bonds is 3. The Kier molecular flexibility index (Phi) is 4.68. The number of hydrogen-bond acceptors (Lipinski definition) is 6. The van der Waals surface area contributed by atoms with Crippen LogP contribution in [0.25, 0.3) is 22.1 Å². The van der Waals surface area contributed by atoms with Crippen molar-refractivity contribution in [2.24, 2.45) is 0 Å². The molecule has 0 amide bonds. The number of nitrogens with one attached hydrogen (secondary N) is 1. The van der Waals surface area contributed by atoms with Crippen LogP contribution in [0.4, 0.5) is 10.1 Å². The minimum Gasteiger partial charge on any atom is -0.504 e. The lowest BCUT2D eigenvalue weighted by atomic mass is 10.0. The lowest BCUT2D eigenvalue weighted by molar-refractivity contribution is 0.373. The van der Waals surface area contributed by atoms with Crippen LogP contribution in [0.1, 0.15) is 6.92 Å². The molecule has 0 saturated carbocycles. The molecule has 0 radical (unpaired) electrons. The number of methoxy groups -OCH3 is 1. The molecule has 3 aromatic rings. The molecule has 2 N–H and O–H groups in total. The first-order valence-corrected chi connectivity index (χ1v) is 9.09. The third-order valence-corrected chi connectivity index (χ3v) is 5.01. The molecule has 1 aromatic heterocycles. The molecule has 1 fully saturated rings. The van der Waals surface area contributed by atoms with Gasteiger partial charge in [0.1, 0.15) is 11.4 Å². The Bertz CT molecular complexity index is 1100. The summed E-state index contributed by atoms with van der Waals surface area (Å²) in [5.41, 5.74) is 0.896. The third-order valence-electron chi connectivity index (χ3n) is 5.01. The van der Waals surface area contributed by atoms with E-state index in [0.29, 0.717) is 17.3 Å². The number of nitrogens with zero attached hydrogens (tertiary/aromatic N) is 1. The van der Waals surface area contributed by atoms with E-state index in [0.717, 1.165) is 19.6 Å². The van der Waals surface area contributed by atoms with E-state index in [1.54, 1.807) is 18.2 Å². The number of phenols is 1. The molecule has 1 aliphatic heterocycles. The molecule has 0 aliphatic carbocycles. The zero-order chi connectivity index (χ0) is 19.8. The number of piperazine rings is 1. The zero-order valence-corrected chi connectivity index (χ0v) is 15.7. The maximum Gasteiger partial charge on any atom is 0.344 e. The Morgan fingerprint density at radius 1 is 1.29 bits per heavy atom. The van der Waals surface area contributed by atoms with Crippen LogP contribution in [0, 0.1) is 5.82 Å². The molecule has 28 heavy (non-hydrogen) atoms. The van der Waals surface area contributed by atoms with Gasteiger partial charge in [-0.2, -0.15) is 0 Å². The van der Waals surface area contributed by atoms with E-state index in [-0.39, 0.29) is 28.0 Å². The van der Waals surface area contributed by atoms with Gasteiger partial charge in [-0.1, -0.05) is 6.07 Å². The lowest BCUT2D eigenvalue weighted by Crippen LogP contribution is -2.49. The molecule has 0 bridgehead atoms. The minimum absolute atomic E-state index is 0.108. The van der Waals surface area contributed by atoms with Crippen LogP contribution in [0.3, 0.4) is 0 Å². The van der Waals surface area contributed by atoms with Crippen molar-refractivity contribution in [3.05, 3.63) is 52.6 Å². The molecule has 1 aliphatic rings. The number of aromatic hydroxyl groups is 1. The zero-order valence-electron chi connectivity index (χ0n) is 15.7. The van der Waals surface area contributed by atoms with Gasteiger partial charge in [-0.25, -0.2) is 9.18 Å². The molecular weight excluding hydrogens is 363 g/mol. The molecule has 1 atom stereocenters. The van der Waals surface area contributed by atoms with Gasteiger partial charge in [-0.05, 0) is 36.8 Å². The van der Waals surface area contributed by atoms with Crippen LogP contribution >= 0.6 is 0 Å². The summed E-state index contributed by atoms with van der Waals surface area (Å²) in [6, 6.07) is 9.48. The van der Waals surface area contributed by atoms with Crippen LogP contribution < -0.4 is 20.6 Å². The van der Waals surface area contributed by atoms with Crippen molar-refractivity contribution in [3.63, 3.8) is 0 Å². The van der Waals surface area contributed by atoms with Gasteiger partial charge in [0.15, 0.2) is 11.5 Å². The Morgan fingerprint density at radius 3 is 2.82 bits per heavy atom. The summed E-state index contributed by atoms with van der Waals surface area (Å²) in [6.07, 6.45) is 0. The molecule has 0 spiro atoms. The Morgan fingerprint density at radius 2 is 2.11 bits per heavy atom. The van der Waals surface area contributed by atoms with E-state index in [2.05, 4.69) is 17.1 Å². The first-order valence-electron chi connectivity index (χ1n) is 9.09. The van der Waals surface area contributed by atoms with Crippen molar-refractivity contribution in [1.82, 2.24) is 5.32 Å². The van der Waals surface area contributed by atoms with Crippen molar-refractivity contribution < 1.29 is 18.7 Å². The third kappa shape index (κ3) is 3.29. The molecule has 1 saturated heterocycles. The second-order valence-corrected chi connectivity index (χ2v) is 6.97. The van der Waals surface area contributed by atoms with Gasteiger partial charge in [-0.3, -0.25) is 0 Å². The highest BCUT2D eigenvalue weighted by molar-refractivity contribution is 5.85. The number of fused-ring (bicyclic) bond motifs is 1. The van der Waals surface area contributed by atoms with Gasteiger partial charge in [0, 0.05) is 37.4 Å². The van der Waals surface area contributed by atoms with Gasteiger partial charge in [0.2, 0.25) is 0 Å². The van der Waals surface area contributed by atoms with Crippen LogP contribution in [0.2, 0.25) is 0 Å². The van der Waals surface area contributed by atoms with Gasteiger partial charge in [0.05, 0.1) is 18.1 Å². The second kappa shape index (κ2) is 7.16. The van der Waals surface area contributed by atoms with Crippen LogP contribution in [-0.4, -0.2) is 37.9 Å². The highest BCUT2D eigenvalue weighted by Gasteiger charge is 2.19. The van der Waals surface area contributed by atoms with Gasteiger partial charge in [-0.15, -0.1) is 0 Å². The van der Waals surface area contributed by atoms with Crippen molar-refractivity contribution in [2.45, 2.75) is 13.0 Å². The normalized spacial score (nSPS) is 17.1. The minimum atomic E-state index is -0.595. The SMILES string of the molecule is COc1ccc(-c2cc3c(F)cc(N4CCN[C@H](C)C4)cc3oc2=O)cc1O. The number of benzene rings is 2. The molecular formula is C21H21FN2O4. The predicted octanol–water partition coefficient (Wildman–Crippen LogP) is 3.11. The Balaban J connectivity index is 1.79. The van der Waals surface area contributed by atoms with Crippen molar-refractivity contribution in [3.8, 4) is 22.6 Å². The quantitative estimate of drug-likeness (QED) is 0.676. The predicted molar refractivity (Wildman–Crippen MR) is 106 cm³/mol. The number of ether oxygens (including phenoxy) is 1. The fraction of sp³-hybridized carbons (Fsp3) is 0.286. The smallest absolute Gasteiger partial charge is 0.344 e. The maximum absolute atomic E-state index is 14.9. The maximum atomic E-state index is 14.9. The topological polar surface area (TPSA) is 74.9 Å². The monoisotopic (exact) mass is 384 g/mol. The fourth-order valence-corrected chi connectivity index (χ4v) is 3.57. The van der Waals surface area contributed by atoms with Gasteiger partial charge >= 0.3 is 5.63 Å². The van der Waals surface area contributed by atoms with Crippen LogP contribution in [0.5, 0.6) is 11.5 Å². The summed E-state index contributed by atoms with van der Waals surface area (Å²) in [4.78, 5) is 14.6. The summed E-state index contributed by atoms with van der Waals surface area (Å²) in [5.74, 6) is -0.278. The molecule has 6 nitrogen and oxygen atoms in total. The van der Waals surface area contributed by atoms with E-state index in [1.165, 1.54) is 25.3 Å². The second-order valence-electron chi connectivity index (χ2n) is 6.97. The summed E-state index contributed by atoms with van der Waals surface area (Å²) in [5, 5.41) is 13.5. The average molecular weight is 384 g/mol. The van der Waals surface area contributed by atoms with Gasteiger partial charge in [0.25, 0.3) is 0 Å². The molecule has 0 unspecified atom stereocenters. The standard InChI is InChI=1S/C21H21FN2O4/c1-12-11-24(6-5-23-12)14-8-17(22)16-10-15(21(26)28-20(16)9-14)13-3-4-19(27-2)18(25)7-13/h3-4,7-10,12,23,25H,5-6,11H2,1-2H3/t12-/m1/s1. The first-order chi connectivity index (χ1) is 13.5.